The average Bonchev–Trinajstić information content (AvgIpc) is 3.55. The van der Waals surface area contributed by atoms with Crippen molar-refractivity contribution < 1.29 is 9.47 Å². The molecule has 0 spiro atoms. The Bertz CT molecular complexity index is 1950. The van der Waals surface area contributed by atoms with Crippen LogP contribution in [-0.4, -0.2) is 9.97 Å². The molecule has 0 radical (unpaired) electrons. The Morgan fingerprint density at radius 2 is 0.822 bits per heavy atom. The van der Waals surface area contributed by atoms with E-state index in [-0.39, 0.29) is 0 Å². The van der Waals surface area contributed by atoms with Gasteiger partial charge in [-0.3, -0.25) is 0 Å². The van der Waals surface area contributed by atoms with Gasteiger partial charge in [-0.05, 0) is 97.1 Å². The van der Waals surface area contributed by atoms with Crippen molar-refractivity contribution in [2.24, 2.45) is 0 Å². The lowest BCUT2D eigenvalue weighted by Gasteiger charge is -2.08. The van der Waals surface area contributed by atoms with Gasteiger partial charge in [-0.25, -0.2) is 4.98 Å². The van der Waals surface area contributed by atoms with Crippen molar-refractivity contribution in [3.8, 4) is 68.7 Å². The van der Waals surface area contributed by atoms with Gasteiger partial charge in [0, 0.05) is 27.8 Å². The van der Waals surface area contributed by atoms with Crippen molar-refractivity contribution in [1.29, 1.82) is 0 Å². The maximum absolute atomic E-state index is 6.03. The van der Waals surface area contributed by atoms with Crippen molar-refractivity contribution in [2.45, 2.75) is 0 Å². The van der Waals surface area contributed by atoms with Crippen LogP contribution in [0.15, 0.2) is 164 Å². The van der Waals surface area contributed by atoms with Crippen molar-refractivity contribution in [2.75, 3.05) is 0 Å². The van der Waals surface area contributed by atoms with E-state index in [0.717, 1.165) is 68.0 Å². The van der Waals surface area contributed by atoms with Crippen LogP contribution in [0.4, 0.5) is 0 Å². The fourth-order valence-electron chi connectivity index (χ4n) is 4.92. The van der Waals surface area contributed by atoms with E-state index in [2.05, 4.69) is 29.0 Å². The number of ether oxygens (including phenoxy) is 2. The Kier molecular flexibility index (Phi) is 7.89. The van der Waals surface area contributed by atoms with Crippen LogP contribution < -0.4 is 9.47 Å². The molecule has 0 aliphatic heterocycles. The van der Waals surface area contributed by atoms with Gasteiger partial charge in [0.1, 0.15) is 28.8 Å². The van der Waals surface area contributed by atoms with Gasteiger partial charge in [0.25, 0.3) is 0 Å². The third kappa shape index (κ3) is 6.69. The summed E-state index contributed by atoms with van der Waals surface area (Å²) in [5.41, 5.74) is 6.64. The van der Waals surface area contributed by atoms with Crippen molar-refractivity contribution >= 4 is 0 Å². The minimum absolute atomic E-state index is 0.761. The molecule has 214 valence electrons. The summed E-state index contributed by atoms with van der Waals surface area (Å²) in [6.45, 7) is 0. The number of aromatic nitrogens is 2. The third-order valence-corrected chi connectivity index (χ3v) is 7.22. The van der Waals surface area contributed by atoms with Crippen molar-refractivity contribution in [3.63, 3.8) is 0 Å². The van der Waals surface area contributed by atoms with E-state index in [4.69, 9.17) is 14.5 Å². The number of imidazole rings is 1. The van der Waals surface area contributed by atoms with Crippen LogP contribution in [0.2, 0.25) is 0 Å². The molecule has 6 aromatic carbocycles. The first-order valence-electron chi connectivity index (χ1n) is 14.7. The van der Waals surface area contributed by atoms with Crippen LogP contribution in [-0.2, 0) is 0 Å². The molecule has 1 N–H and O–H groups in total. The van der Waals surface area contributed by atoms with Gasteiger partial charge in [-0.15, -0.1) is 0 Å². The molecule has 7 rings (SSSR count). The predicted molar refractivity (Wildman–Crippen MR) is 180 cm³/mol. The van der Waals surface area contributed by atoms with E-state index >= 15 is 0 Å². The van der Waals surface area contributed by atoms with E-state index in [1.54, 1.807) is 0 Å². The lowest BCUT2D eigenvalue weighted by molar-refractivity contribution is 0.482. The highest BCUT2D eigenvalue weighted by Gasteiger charge is 2.16. The van der Waals surface area contributed by atoms with Gasteiger partial charge in [0.05, 0.1) is 11.4 Å². The Balaban J connectivity index is 1.20. The second-order valence-corrected chi connectivity index (χ2v) is 10.4. The number of hydrogen-bond donors (Lipinski definition) is 1. The zero-order valence-corrected chi connectivity index (χ0v) is 24.4. The molecule has 0 bridgehead atoms. The summed E-state index contributed by atoms with van der Waals surface area (Å²) in [7, 11) is 0. The summed E-state index contributed by atoms with van der Waals surface area (Å²) in [6, 6.07) is 53.8. The van der Waals surface area contributed by atoms with Crippen LogP contribution in [0.25, 0.3) is 33.9 Å². The maximum Gasteiger partial charge on any atom is 0.138 e. The van der Waals surface area contributed by atoms with Gasteiger partial charge in [0.2, 0.25) is 0 Å². The molecule has 45 heavy (non-hydrogen) atoms. The van der Waals surface area contributed by atoms with E-state index in [1.807, 2.05) is 152 Å². The van der Waals surface area contributed by atoms with Gasteiger partial charge < -0.3 is 14.5 Å². The van der Waals surface area contributed by atoms with E-state index < -0.39 is 0 Å². The van der Waals surface area contributed by atoms with Gasteiger partial charge in [-0.1, -0.05) is 78.6 Å². The molecule has 7 aromatic rings. The van der Waals surface area contributed by atoms with Crippen LogP contribution >= 0.6 is 0 Å². The second kappa shape index (κ2) is 12.9. The zero-order valence-electron chi connectivity index (χ0n) is 24.4. The van der Waals surface area contributed by atoms with Crippen molar-refractivity contribution in [1.82, 2.24) is 9.97 Å². The summed E-state index contributed by atoms with van der Waals surface area (Å²) in [5, 5.41) is 0. The standard InChI is InChI=1S/C41H28N2O2/c1-4-10-30(11-5-1)16-17-31-18-20-34(21-19-31)41-42-39(32-22-26-37(27-23-32)44-35-12-6-2-7-13-35)40(43-41)33-24-28-38(29-25-33)45-36-14-8-3-9-15-36/h1-15,18-29H,(H,42,43). The maximum atomic E-state index is 6.03. The molecule has 0 atom stereocenters. The monoisotopic (exact) mass is 580 g/mol. The van der Waals surface area contributed by atoms with E-state index in [0.29, 0.717) is 0 Å². The van der Waals surface area contributed by atoms with Crippen LogP contribution in [0.3, 0.4) is 0 Å². The molecular formula is C41H28N2O2. The van der Waals surface area contributed by atoms with Crippen molar-refractivity contribution in [3.05, 3.63) is 175 Å². The summed E-state index contributed by atoms with van der Waals surface area (Å²) < 4.78 is 12.1. The summed E-state index contributed by atoms with van der Waals surface area (Å²) in [4.78, 5) is 8.69. The van der Waals surface area contributed by atoms with Gasteiger partial charge >= 0.3 is 0 Å². The van der Waals surface area contributed by atoms with E-state index in [1.165, 1.54) is 0 Å². The first kappa shape index (κ1) is 27.5. The highest BCUT2D eigenvalue weighted by Crippen LogP contribution is 2.35. The largest absolute Gasteiger partial charge is 0.457 e. The molecule has 0 saturated heterocycles. The quantitative estimate of drug-likeness (QED) is 0.191. The van der Waals surface area contributed by atoms with Gasteiger partial charge in [0.15, 0.2) is 0 Å². The molecule has 1 aromatic heterocycles. The van der Waals surface area contributed by atoms with Gasteiger partial charge in [-0.2, -0.15) is 0 Å². The number of rotatable bonds is 7. The Hall–Kier alpha value is -6.31. The number of nitrogens with one attached hydrogen (secondary N) is 1. The lowest BCUT2D eigenvalue weighted by Crippen LogP contribution is -1.87. The lowest BCUT2D eigenvalue weighted by atomic mass is 10.0. The molecule has 0 aliphatic carbocycles. The van der Waals surface area contributed by atoms with Crippen LogP contribution in [0.1, 0.15) is 11.1 Å². The highest BCUT2D eigenvalue weighted by molar-refractivity contribution is 5.81. The minimum atomic E-state index is 0.761. The second-order valence-electron chi connectivity index (χ2n) is 10.4. The summed E-state index contributed by atoms with van der Waals surface area (Å²) >= 11 is 0. The Morgan fingerprint density at radius 1 is 0.400 bits per heavy atom. The number of H-pyrrole nitrogens is 1. The molecular weight excluding hydrogens is 552 g/mol. The molecule has 4 nitrogen and oxygen atoms in total. The molecule has 0 amide bonds. The fourth-order valence-corrected chi connectivity index (χ4v) is 4.92. The number of benzene rings is 6. The predicted octanol–water partition coefficient (Wildman–Crippen LogP) is 10.4. The SMILES string of the molecule is C(#Cc1ccc(-c2nc(-c3ccc(Oc4ccccc4)cc3)c(-c3ccc(Oc4ccccc4)cc3)[nH]2)cc1)c1ccccc1. The minimum Gasteiger partial charge on any atom is -0.457 e. The summed E-state index contributed by atoms with van der Waals surface area (Å²) in [5.74, 6) is 10.4. The Labute approximate surface area is 262 Å². The smallest absolute Gasteiger partial charge is 0.138 e. The first-order chi connectivity index (χ1) is 22.3. The molecule has 0 aliphatic rings. The fraction of sp³-hybridized carbons (Fsp3) is 0. The topological polar surface area (TPSA) is 47.1 Å². The summed E-state index contributed by atoms with van der Waals surface area (Å²) in [6.07, 6.45) is 0. The number of nitrogens with zero attached hydrogens (tertiary/aromatic N) is 1. The van der Waals surface area contributed by atoms with Crippen LogP contribution in [0.5, 0.6) is 23.0 Å². The highest BCUT2D eigenvalue weighted by atomic mass is 16.5. The van der Waals surface area contributed by atoms with Crippen LogP contribution in [0, 0.1) is 11.8 Å². The van der Waals surface area contributed by atoms with E-state index in [9.17, 15) is 0 Å². The Morgan fingerprint density at radius 3 is 1.36 bits per heavy atom. The molecule has 0 fully saturated rings. The normalized spacial score (nSPS) is 10.5. The average molecular weight is 581 g/mol. The zero-order chi connectivity index (χ0) is 30.3. The third-order valence-electron chi connectivity index (χ3n) is 7.22. The number of hydrogen-bond acceptors (Lipinski definition) is 3. The molecule has 0 saturated carbocycles. The first-order valence-corrected chi connectivity index (χ1v) is 14.7. The molecule has 4 heteroatoms. The molecule has 0 unspecified atom stereocenters. The number of para-hydroxylation sites is 2. The number of aromatic amines is 1. The molecule has 1 heterocycles.